The lowest BCUT2D eigenvalue weighted by atomic mass is 10.0. The molecule has 1 rings (SSSR count). The van der Waals surface area contributed by atoms with E-state index in [4.69, 9.17) is 5.11 Å². The Labute approximate surface area is 111 Å². The highest BCUT2D eigenvalue weighted by atomic mass is 16.4. The minimum atomic E-state index is -0.904. The van der Waals surface area contributed by atoms with Gasteiger partial charge in [-0.15, -0.1) is 0 Å². The van der Waals surface area contributed by atoms with Gasteiger partial charge < -0.3 is 5.11 Å². The number of aliphatic carboxylic acids is 1. The van der Waals surface area contributed by atoms with Crippen LogP contribution in [0, 0.1) is 5.92 Å². The Kier molecular flexibility index (Phi) is 6.12. The van der Waals surface area contributed by atoms with E-state index in [1.54, 1.807) is 0 Å². The minimum Gasteiger partial charge on any atom is -0.481 e. The average molecular weight is 266 g/mol. The maximum atomic E-state index is 11.5. The quantitative estimate of drug-likeness (QED) is 0.410. The van der Waals surface area contributed by atoms with Crippen molar-refractivity contribution in [2.75, 3.05) is 0 Å². The Hall–Kier alpha value is -1.78. The summed E-state index contributed by atoms with van der Waals surface area (Å²) in [6.07, 6.45) is 5.70. The topological polar surface area (TPSA) is 88.5 Å². The van der Waals surface area contributed by atoms with Gasteiger partial charge in [-0.3, -0.25) is 19.2 Å². The third kappa shape index (κ3) is 5.59. The zero-order chi connectivity index (χ0) is 14.3. The molecule has 0 spiro atoms. The Morgan fingerprint density at radius 3 is 2.47 bits per heavy atom. The number of carbonyl (C=O) groups is 4. The normalized spacial score (nSPS) is 18.9. The van der Waals surface area contributed by atoms with Crippen LogP contribution in [-0.4, -0.2) is 28.4 Å². The van der Waals surface area contributed by atoms with Crippen LogP contribution >= 0.6 is 0 Å². The third-order valence-electron chi connectivity index (χ3n) is 3.15. The number of allylic oxidation sites excluding steroid dienone is 2. The van der Waals surface area contributed by atoms with Gasteiger partial charge in [0.25, 0.3) is 0 Å². The van der Waals surface area contributed by atoms with Crippen LogP contribution in [0.3, 0.4) is 0 Å². The molecule has 0 saturated heterocycles. The minimum absolute atomic E-state index is 0.00782. The first kappa shape index (κ1) is 15.3. The molecule has 0 radical (unpaired) electrons. The van der Waals surface area contributed by atoms with E-state index in [0.29, 0.717) is 19.3 Å². The highest BCUT2D eigenvalue weighted by Crippen LogP contribution is 2.22. The van der Waals surface area contributed by atoms with Gasteiger partial charge in [0.1, 0.15) is 5.78 Å². The van der Waals surface area contributed by atoms with Crippen molar-refractivity contribution in [2.45, 2.75) is 44.9 Å². The van der Waals surface area contributed by atoms with Gasteiger partial charge >= 0.3 is 5.97 Å². The number of hydrogen-bond donors (Lipinski definition) is 1. The molecule has 0 bridgehead atoms. The van der Waals surface area contributed by atoms with Crippen molar-refractivity contribution in [1.82, 2.24) is 0 Å². The number of unbranched alkanes of at least 4 members (excludes halogenated alkanes) is 1. The van der Waals surface area contributed by atoms with E-state index in [1.807, 2.05) is 0 Å². The van der Waals surface area contributed by atoms with Crippen LogP contribution in [0.2, 0.25) is 0 Å². The van der Waals surface area contributed by atoms with Crippen LogP contribution < -0.4 is 0 Å². The smallest absolute Gasteiger partial charge is 0.303 e. The molecule has 5 heteroatoms. The lowest BCUT2D eigenvalue weighted by Crippen LogP contribution is -2.12. The molecular weight excluding hydrogens is 248 g/mol. The van der Waals surface area contributed by atoms with Gasteiger partial charge in [0.2, 0.25) is 11.6 Å². The Morgan fingerprint density at radius 1 is 1.21 bits per heavy atom. The molecule has 0 heterocycles. The summed E-state index contributed by atoms with van der Waals surface area (Å²) in [4.78, 5) is 44.5. The number of carboxylic acid groups (broad SMARTS) is 1. The van der Waals surface area contributed by atoms with Crippen molar-refractivity contribution in [1.29, 1.82) is 0 Å². The number of ketones is 3. The number of carboxylic acids is 1. The summed E-state index contributed by atoms with van der Waals surface area (Å²) in [5.74, 6) is -2.12. The molecule has 5 nitrogen and oxygen atoms in total. The second-order valence-corrected chi connectivity index (χ2v) is 4.71. The lowest BCUT2D eigenvalue weighted by Gasteiger charge is -1.99. The Bertz CT molecular complexity index is 408. The zero-order valence-electron chi connectivity index (χ0n) is 10.8. The van der Waals surface area contributed by atoms with Crippen molar-refractivity contribution >= 4 is 23.3 Å². The van der Waals surface area contributed by atoms with Gasteiger partial charge in [0, 0.05) is 25.2 Å². The monoisotopic (exact) mass is 266 g/mol. The average Bonchev–Trinajstić information content (AvgIpc) is 2.76. The Balaban J connectivity index is 2.28. The van der Waals surface area contributed by atoms with Crippen LogP contribution in [0.1, 0.15) is 44.9 Å². The fourth-order valence-corrected chi connectivity index (χ4v) is 2.03. The maximum Gasteiger partial charge on any atom is 0.303 e. The van der Waals surface area contributed by atoms with Gasteiger partial charge in [0.05, 0.1) is 0 Å². The highest BCUT2D eigenvalue weighted by molar-refractivity contribution is 6.41. The standard InChI is InChI=1S/C14H18O5/c15-11-6-3-4-10(11)8-9-13(17)12(16)5-1-2-7-14(18)19/h8-10H,1-7H2,(H,18,19). The predicted octanol–water partition coefficient (Wildman–Crippen LogP) is 1.70. The lowest BCUT2D eigenvalue weighted by molar-refractivity contribution is -0.137. The molecule has 1 N–H and O–H groups in total. The third-order valence-corrected chi connectivity index (χ3v) is 3.15. The second-order valence-electron chi connectivity index (χ2n) is 4.71. The van der Waals surface area contributed by atoms with Gasteiger partial charge in [-0.2, -0.15) is 0 Å². The van der Waals surface area contributed by atoms with E-state index >= 15 is 0 Å². The number of hydrogen-bond acceptors (Lipinski definition) is 4. The predicted molar refractivity (Wildman–Crippen MR) is 67.6 cm³/mol. The first-order valence-electron chi connectivity index (χ1n) is 6.50. The summed E-state index contributed by atoms with van der Waals surface area (Å²) >= 11 is 0. The molecular formula is C14H18O5. The SMILES string of the molecule is O=C(O)CCCCC(=O)C(=O)C=CC1CCCC1=O. The summed E-state index contributed by atoms with van der Waals surface area (Å²) in [5, 5.41) is 8.42. The van der Waals surface area contributed by atoms with Crippen LogP contribution in [-0.2, 0) is 19.2 Å². The number of rotatable bonds is 8. The molecule has 0 aromatic heterocycles. The fourth-order valence-electron chi connectivity index (χ4n) is 2.03. The molecule has 104 valence electrons. The molecule has 0 aromatic carbocycles. The van der Waals surface area contributed by atoms with Crippen molar-refractivity contribution in [3.05, 3.63) is 12.2 Å². The summed E-state index contributed by atoms with van der Waals surface area (Å²) in [5.41, 5.74) is 0. The van der Waals surface area contributed by atoms with Crippen molar-refractivity contribution in [3.8, 4) is 0 Å². The molecule has 1 aliphatic carbocycles. The molecule has 0 aromatic rings. The zero-order valence-corrected chi connectivity index (χ0v) is 10.8. The summed E-state index contributed by atoms with van der Waals surface area (Å²) in [6, 6.07) is 0. The van der Waals surface area contributed by atoms with Gasteiger partial charge in [-0.1, -0.05) is 6.08 Å². The van der Waals surface area contributed by atoms with Crippen LogP contribution in [0.15, 0.2) is 12.2 Å². The van der Waals surface area contributed by atoms with E-state index in [-0.39, 0.29) is 24.5 Å². The molecule has 1 fully saturated rings. The molecule has 1 atom stereocenters. The van der Waals surface area contributed by atoms with E-state index < -0.39 is 17.5 Å². The molecule has 0 amide bonds. The first-order chi connectivity index (χ1) is 9.00. The largest absolute Gasteiger partial charge is 0.481 e. The van der Waals surface area contributed by atoms with Crippen molar-refractivity contribution < 1.29 is 24.3 Å². The molecule has 19 heavy (non-hydrogen) atoms. The second kappa shape index (κ2) is 7.61. The van der Waals surface area contributed by atoms with Gasteiger partial charge in [-0.05, 0) is 31.8 Å². The Morgan fingerprint density at radius 2 is 1.89 bits per heavy atom. The fraction of sp³-hybridized carbons (Fsp3) is 0.571. The van der Waals surface area contributed by atoms with Crippen molar-refractivity contribution in [2.24, 2.45) is 5.92 Å². The van der Waals surface area contributed by atoms with E-state index in [0.717, 1.165) is 12.8 Å². The van der Waals surface area contributed by atoms with E-state index in [2.05, 4.69) is 0 Å². The summed E-state index contributed by atoms with van der Waals surface area (Å²) in [6.45, 7) is 0. The molecule has 1 unspecified atom stereocenters. The summed E-state index contributed by atoms with van der Waals surface area (Å²) < 4.78 is 0. The van der Waals surface area contributed by atoms with E-state index in [1.165, 1.54) is 12.2 Å². The van der Waals surface area contributed by atoms with Crippen LogP contribution in [0.25, 0.3) is 0 Å². The van der Waals surface area contributed by atoms with E-state index in [9.17, 15) is 19.2 Å². The number of carbonyl (C=O) groups excluding carboxylic acids is 3. The van der Waals surface area contributed by atoms with Gasteiger partial charge in [0.15, 0.2) is 0 Å². The van der Waals surface area contributed by atoms with Gasteiger partial charge in [-0.25, -0.2) is 0 Å². The molecule has 0 aliphatic heterocycles. The number of Topliss-reactive ketones (excluding diaryl/α,β-unsaturated/α-hetero) is 2. The first-order valence-corrected chi connectivity index (χ1v) is 6.50. The van der Waals surface area contributed by atoms with Crippen LogP contribution in [0.5, 0.6) is 0 Å². The highest BCUT2D eigenvalue weighted by Gasteiger charge is 2.22. The van der Waals surface area contributed by atoms with Crippen molar-refractivity contribution in [3.63, 3.8) is 0 Å². The maximum absolute atomic E-state index is 11.5. The van der Waals surface area contributed by atoms with Crippen LogP contribution in [0.4, 0.5) is 0 Å². The molecule has 1 aliphatic rings. The summed E-state index contributed by atoms with van der Waals surface area (Å²) in [7, 11) is 0. The molecule has 1 saturated carbocycles.